The highest BCUT2D eigenvalue weighted by Crippen LogP contribution is 2.28. The van der Waals surface area contributed by atoms with Crippen LogP contribution >= 0.6 is 0 Å². The van der Waals surface area contributed by atoms with Crippen LogP contribution in [0.25, 0.3) is 0 Å². The molecule has 2 fully saturated rings. The highest BCUT2D eigenvalue weighted by Gasteiger charge is 2.35. The van der Waals surface area contributed by atoms with Crippen molar-refractivity contribution in [3.05, 3.63) is 12.0 Å². The molecule has 1 saturated heterocycles. The lowest BCUT2D eigenvalue weighted by atomic mass is 10.0. The first-order valence-corrected chi connectivity index (χ1v) is 11.0. The lowest BCUT2D eigenvalue weighted by molar-refractivity contribution is 0.262. The lowest BCUT2D eigenvalue weighted by Crippen LogP contribution is -2.47. The summed E-state index contributed by atoms with van der Waals surface area (Å²) in [5, 5.41) is 0.636. The van der Waals surface area contributed by atoms with E-state index in [1.54, 1.807) is 4.31 Å². The minimum absolute atomic E-state index is 0.0295. The van der Waals surface area contributed by atoms with Crippen molar-refractivity contribution in [3.63, 3.8) is 0 Å². The Morgan fingerprint density at radius 2 is 1.73 bits per heavy atom. The highest BCUT2D eigenvalue weighted by atomic mass is 32.2. The zero-order chi connectivity index (χ0) is 16.2. The molecule has 0 aromatic heterocycles. The van der Waals surface area contributed by atoms with Gasteiger partial charge in [-0.15, -0.1) is 0 Å². The van der Waals surface area contributed by atoms with E-state index in [9.17, 15) is 16.8 Å². The van der Waals surface area contributed by atoms with Crippen LogP contribution in [0, 0.1) is 5.92 Å². The Kier molecular flexibility index (Phi) is 6.04. The van der Waals surface area contributed by atoms with Crippen LogP contribution in [0.5, 0.6) is 0 Å². The van der Waals surface area contributed by atoms with E-state index in [2.05, 4.69) is 11.3 Å². The fourth-order valence-corrected chi connectivity index (χ4v) is 6.03. The van der Waals surface area contributed by atoms with E-state index in [-0.39, 0.29) is 17.7 Å². The summed E-state index contributed by atoms with van der Waals surface area (Å²) in [4.78, 5) is 0. The predicted octanol–water partition coefficient (Wildman–Crippen LogP) is 1.42. The standard InChI is InChI=1S/C14H26N2O4S2/c1-2-21(17,18)15-11-13-7-6-10-16(12-13)22(19,20)14-8-4-3-5-9-14/h2,13-15H,1,3-12H2. The van der Waals surface area contributed by atoms with Gasteiger partial charge in [-0.2, -0.15) is 0 Å². The van der Waals surface area contributed by atoms with Crippen LogP contribution in [0.3, 0.4) is 0 Å². The Balaban J connectivity index is 1.96. The van der Waals surface area contributed by atoms with E-state index in [1.165, 1.54) is 0 Å². The molecule has 1 aliphatic heterocycles. The molecule has 0 radical (unpaired) electrons. The summed E-state index contributed by atoms with van der Waals surface area (Å²) in [6, 6.07) is 0. The molecular weight excluding hydrogens is 324 g/mol. The quantitative estimate of drug-likeness (QED) is 0.785. The van der Waals surface area contributed by atoms with Gasteiger partial charge < -0.3 is 0 Å². The number of hydrogen-bond donors (Lipinski definition) is 1. The summed E-state index contributed by atoms with van der Waals surface area (Å²) < 4.78 is 52.3. The van der Waals surface area contributed by atoms with E-state index >= 15 is 0 Å². The molecule has 22 heavy (non-hydrogen) atoms. The third-order valence-corrected chi connectivity index (χ3v) is 7.98. The van der Waals surface area contributed by atoms with Gasteiger partial charge in [0.15, 0.2) is 0 Å². The van der Waals surface area contributed by atoms with Gasteiger partial charge in [0.05, 0.1) is 5.25 Å². The first kappa shape index (κ1) is 17.9. The van der Waals surface area contributed by atoms with Gasteiger partial charge in [-0.3, -0.25) is 0 Å². The molecule has 8 heteroatoms. The Morgan fingerprint density at radius 3 is 2.36 bits per heavy atom. The van der Waals surface area contributed by atoms with Crippen LogP contribution in [-0.4, -0.2) is 46.0 Å². The molecule has 2 rings (SSSR count). The van der Waals surface area contributed by atoms with E-state index < -0.39 is 20.0 Å². The molecule has 1 saturated carbocycles. The Hall–Kier alpha value is -0.440. The van der Waals surface area contributed by atoms with Gasteiger partial charge in [-0.05, 0) is 31.6 Å². The van der Waals surface area contributed by atoms with E-state index in [4.69, 9.17) is 0 Å². The van der Waals surface area contributed by atoms with Gasteiger partial charge in [0.2, 0.25) is 20.0 Å². The molecule has 0 aromatic rings. The molecule has 0 spiro atoms. The smallest absolute Gasteiger partial charge is 0.212 e. The number of nitrogens with one attached hydrogen (secondary N) is 1. The largest absolute Gasteiger partial charge is 0.233 e. The maximum Gasteiger partial charge on any atom is 0.233 e. The maximum atomic E-state index is 12.7. The van der Waals surface area contributed by atoms with Crippen LogP contribution in [0.2, 0.25) is 0 Å². The topological polar surface area (TPSA) is 83.6 Å². The molecule has 128 valence electrons. The zero-order valence-electron chi connectivity index (χ0n) is 12.9. The Bertz CT molecular complexity index is 580. The second-order valence-corrected chi connectivity index (χ2v) is 10.2. The average Bonchev–Trinajstić information content (AvgIpc) is 2.54. The van der Waals surface area contributed by atoms with Gasteiger partial charge in [0.1, 0.15) is 0 Å². The number of sulfonamides is 2. The van der Waals surface area contributed by atoms with Crippen molar-refractivity contribution in [2.75, 3.05) is 19.6 Å². The fraction of sp³-hybridized carbons (Fsp3) is 0.857. The summed E-state index contributed by atoms with van der Waals surface area (Å²) in [6.45, 7) is 4.50. The number of nitrogens with zero attached hydrogens (tertiary/aromatic N) is 1. The maximum absolute atomic E-state index is 12.7. The number of rotatable bonds is 6. The molecule has 0 amide bonds. The van der Waals surface area contributed by atoms with Crippen LogP contribution in [0.15, 0.2) is 12.0 Å². The van der Waals surface area contributed by atoms with E-state index in [1.807, 2.05) is 0 Å². The van der Waals surface area contributed by atoms with Crippen molar-refractivity contribution in [2.45, 2.75) is 50.2 Å². The summed E-state index contributed by atoms with van der Waals surface area (Å²) in [7, 11) is -6.69. The Morgan fingerprint density at radius 1 is 1.05 bits per heavy atom. The molecule has 1 N–H and O–H groups in total. The molecule has 1 heterocycles. The zero-order valence-corrected chi connectivity index (χ0v) is 14.5. The molecule has 0 aromatic carbocycles. The molecule has 1 aliphatic carbocycles. The van der Waals surface area contributed by atoms with Crippen molar-refractivity contribution in [1.29, 1.82) is 0 Å². The fourth-order valence-electron chi connectivity index (χ4n) is 3.29. The van der Waals surface area contributed by atoms with Gasteiger partial charge >= 0.3 is 0 Å². The van der Waals surface area contributed by atoms with Crippen LogP contribution in [-0.2, 0) is 20.0 Å². The molecule has 1 unspecified atom stereocenters. The monoisotopic (exact) mass is 350 g/mol. The molecule has 1 atom stereocenters. The van der Waals surface area contributed by atoms with Crippen LogP contribution in [0.4, 0.5) is 0 Å². The van der Waals surface area contributed by atoms with Gasteiger partial charge in [-0.1, -0.05) is 25.8 Å². The SMILES string of the molecule is C=CS(=O)(=O)NCC1CCCN(S(=O)(=O)C2CCCCC2)C1. The molecular formula is C14H26N2O4S2. The number of hydrogen-bond acceptors (Lipinski definition) is 4. The van der Waals surface area contributed by atoms with E-state index in [0.717, 1.165) is 50.4 Å². The third kappa shape index (κ3) is 4.53. The molecule has 6 nitrogen and oxygen atoms in total. The second-order valence-electron chi connectivity index (χ2n) is 6.23. The van der Waals surface area contributed by atoms with Gasteiger partial charge in [-0.25, -0.2) is 25.9 Å². The summed E-state index contributed by atoms with van der Waals surface area (Å²) in [5.41, 5.74) is 0. The van der Waals surface area contributed by atoms with Crippen molar-refractivity contribution in [2.24, 2.45) is 5.92 Å². The Labute approximate surface area is 134 Å². The first-order chi connectivity index (χ1) is 10.3. The van der Waals surface area contributed by atoms with Gasteiger partial charge in [0, 0.05) is 25.0 Å². The lowest BCUT2D eigenvalue weighted by Gasteiger charge is -2.35. The average molecular weight is 351 g/mol. The number of piperidine rings is 1. The van der Waals surface area contributed by atoms with Crippen molar-refractivity contribution >= 4 is 20.0 Å². The third-order valence-electron chi connectivity index (χ3n) is 4.61. The van der Waals surface area contributed by atoms with Crippen molar-refractivity contribution in [3.8, 4) is 0 Å². The highest BCUT2D eigenvalue weighted by molar-refractivity contribution is 7.92. The second kappa shape index (κ2) is 7.42. The van der Waals surface area contributed by atoms with Crippen LogP contribution in [0.1, 0.15) is 44.9 Å². The van der Waals surface area contributed by atoms with E-state index in [0.29, 0.717) is 13.1 Å². The first-order valence-electron chi connectivity index (χ1n) is 7.96. The predicted molar refractivity (Wildman–Crippen MR) is 87.2 cm³/mol. The minimum atomic E-state index is -3.45. The summed E-state index contributed by atoms with van der Waals surface area (Å²) in [5.74, 6) is 0.0295. The van der Waals surface area contributed by atoms with Crippen molar-refractivity contribution < 1.29 is 16.8 Å². The van der Waals surface area contributed by atoms with Crippen molar-refractivity contribution in [1.82, 2.24) is 9.03 Å². The van der Waals surface area contributed by atoms with Crippen LogP contribution < -0.4 is 4.72 Å². The minimum Gasteiger partial charge on any atom is -0.212 e. The summed E-state index contributed by atoms with van der Waals surface area (Å²) >= 11 is 0. The normalized spacial score (nSPS) is 25.9. The van der Waals surface area contributed by atoms with Gasteiger partial charge in [0.25, 0.3) is 0 Å². The molecule has 2 aliphatic rings. The molecule has 0 bridgehead atoms. The summed E-state index contributed by atoms with van der Waals surface area (Å²) in [6.07, 6.45) is 6.24.